The number of nitrogens with one attached hydrogen (secondary N) is 8. The molecule has 0 aromatic carbocycles. The maximum atomic E-state index is 13.3. The molecule has 288 valence electrons. The zero-order chi connectivity index (χ0) is 39.3. The zero-order valence-corrected chi connectivity index (χ0v) is 29.4. The maximum absolute atomic E-state index is 13.3. The summed E-state index contributed by atoms with van der Waals surface area (Å²) in [7, 11) is 0. The van der Waals surface area contributed by atoms with E-state index in [0.29, 0.717) is 0 Å². The highest BCUT2D eigenvalue weighted by molar-refractivity contribution is 5.96. The third-order valence-corrected chi connectivity index (χ3v) is 6.68. The van der Waals surface area contributed by atoms with Gasteiger partial charge in [-0.25, -0.2) is 4.79 Å². The Morgan fingerprint density at radius 3 is 1.25 bits per heavy atom. The molecule has 12 N–H and O–H groups in total. The number of hydrogen-bond donors (Lipinski definition) is 11. The van der Waals surface area contributed by atoms with Crippen molar-refractivity contribution in [1.29, 1.82) is 0 Å². The highest BCUT2D eigenvalue weighted by Gasteiger charge is 2.31. The largest absolute Gasteiger partial charge is 0.481 e. The number of amides is 8. The number of carbonyl (C=O) groups is 10. The van der Waals surface area contributed by atoms with Gasteiger partial charge in [0.05, 0.1) is 32.7 Å². The van der Waals surface area contributed by atoms with Crippen molar-refractivity contribution in [3.8, 4) is 0 Å². The van der Waals surface area contributed by atoms with Crippen LogP contribution < -0.4 is 48.3 Å². The first-order valence-electron chi connectivity index (χ1n) is 16.2. The first-order valence-corrected chi connectivity index (χ1v) is 16.2. The van der Waals surface area contributed by atoms with Gasteiger partial charge in [-0.3, -0.25) is 43.2 Å². The van der Waals surface area contributed by atoms with Crippen LogP contribution in [0.15, 0.2) is 0 Å². The van der Waals surface area contributed by atoms with E-state index in [4.69, 9.17) is 10.8 Å². The molecule has 0 aromatic rings. The average Bonchev–Trinajstić information content (AvgIpc) is 3.04. The Morgan fingerprint density at radius 2 is 0.882 bits per heavy atom. The van der Waals surface area contributed by atoms with Gasteiger partial charge in [0.2, 0.25) is 47.3 Å². The van der Waals surface area contributed by atoms with Crippen LogP contribution in [0.2, 0.25) is 0 Å². The lowest BCUT2D eigenvalue weighted by Crippen LogP contribution is -2.58. The van der Waals surface area contributed by atoms with Crippen LogP contribution in [0.1, 0.15) is 60.3 Å². The van der Waals surface area contributed by atoms with Crippen molar-refractivity contribution in [3.05, 3.63) is 0 Å². The summed E-state index contributed by atoms with van der Waals surface area (Å²) >= 11 is 0. The summed E-state index contributed by atoms with van der Waals surface area (Å²) in [6.45, 7) is 6.11. The quantitative estimate of drug-likeness (QED) is 0.0446. The molecule has 0 aliphatic carbocycles. The summed E-state index contributed by atoms with van der Waals surface area (Å²) in [4.78, 5) is 121. The summed E-state index contributed by atoms with van der Waals surface area (Å²) in [5.74, 6) is -8.80. The third kappa shape index (κ3) is 21.4. The Bertz CT molecular complexity index is 1270. The highest BCUT2D eigenvalue weighted by Crippen LogP contribution is 2.10. The predicted molar refractivity (Wildman–Crippen MR) is 178 cm³/mol. The molecular weight excluding hydrogens is 678 g/mol. The molecule has 0 fully saturated rings. The van der Waals surface area contributed by atoms with Crippen molar-refractivity contribution in [2.75, 3.05) is 32.7 Å². The lowest BCUT2D eigenvalue weighted by Gasteiger charge is -2.27. The van der Waals surface area contributed by atoms with E-state index in [1.165, 1.54) is 6.92 Å². The van der Waals surface area contributed by atoms with Crippen molar-refractivity contribution in [1.82, 2.24) is 42.5 Å². The minimum Gasteiger partial charge on any atom is -0.481 e. The number of carboxylic acid groups (broad SMARTS) is 2. The number of carboxylic acids is 2. The summed E-state index contributed by atoms with van der Waals surface area (Å²) in [6, 6.07) is -5.08. The minimum absolute atomic E-state index is 0.0973. The van der Waals surface area contributed by atoms with Gasteiger partial charge in [0.15, 0.2) is 0 Å². The van der Waals surface area contributed by atoms with Gasteiger partial charge in [-0.05, 0) is 38.0 Å². The van der Waals surface area contributed by atoms with E-state index < -0.39 is 116 Å². The van der Waals surface area contributed by atoms with E-state index in [0.717, 1.165) is 0 Å². The van der Waals surface area contributed by atoms with Crippen molar-refractivity contribution >= 4 is 59.2 Å². The van der Waals surface area contributed by atoms with Gasteiger partial charge in [-0.15, -0.1) is 0 Å². The summed E-state index contributed by atoms with van der Waals surface area (Å²) in [5, 5.41) is 36.9. The molecule has 0 saturated heterocycles. The zero-order valence-electron chi connectivity index (χ0n) is 29.4. The van der Waals surface area contributed by atoms with Gasteiger partial charge in [0.25, 0.3) is 0 Å². The summed E-state index contributed by atoms with van der Waals surface area (Å²) in [5.41, 5.74) is 5.09. The molecule has 0 spiro atoms. The molecule has 21 nitrogen and oxygen atoms in total. The van der Waals surface area contributed by atoms with Gasteiger partial charge in [-0.1, -0.05) is 27.7 Å². The molecular formula is C30H51N9O12. The first kappa shape index (κ1) is 45.7. The van der Waals surface area contributed by atoms with Gasteiger partial charge >= 0.3 is 11.9 Å². The van der Waals surface area contributed by atoms with Gasteiger partial charge in [0.1, 0.15) is 24.2 Å². The Morgan fingerprint density at radius 1 is 0.510 bits per heavy atom. The molecule has 0 aliphatic heterocycles. The fraction of sp³-hybridized carbons (Fsp3) is 0.667. The van der Waals surface area contributed by atoms with Crippen LogP contribution >= 0.6 is 0 Å². The molecule has 21 heteroatoms. The smallest absolute Gasteiger partial charge is 0.326 e. The topological polar surface area (TPSA) is 333 Å². The summed E-state index contributed by atoms with van der Waals surface area (Å²) < 4.78 is 0. The Labute approximate surface area is 294 Å². The second kappa shape index (κ2) is 23.9. The molecule has 0 radical (unpaired) electrons. The molecule has 51 heavy (non-hydrogen) atoms. The predicted octanol–water partition coefficient (Wildman–Crippen LogP) is -4.59. The van der Waals surface area contributed by atoms with Gasteiger partial charge < -0.3 is 58.5 Å². The number of carbonyl (C=O) groups excluding carboxylic acids is 8. The van der Waals surface area contributed by atoms with Crippen LogP contribution in [0.25, 0.3) is 0 Å². The molecule has 0 bridgehead atoms. The Hall–Kier alpha value is -5.34. The normalized spacial score (nSPS) is 13.0. The molecule has 8 amide bonds. The molecule has 0 saturated carbocycles. The van der Waals surface area contributed by atoms with E-state index in [2.05, 4.69) is 42.5 Å². The van der Waals surface area contributed by atoms with Crippen molar-refractivity contribution in [2.24, 2.45) is 17.6 Å². The minimum atomic E-state index is -1.51. The van der Waals surface area contributed by atoms with E-state index in [1.54, 1.807) is 27.7 Å². The van der Waals surface area contributed by atoms with Gasteiger partial charge in [-0.2, -0.15) is 0 Å². The number of rotatable bonds is 24. The maximum Gasteiger partial charge on any atom is 0.326 e. The molecule has 0 aromatic heterocycles. The van der Waals surface area contributed by atoms with E-state index >= 15 is 0 Å². The number of aliphatic carboxylic acids is 2. The number of nitrogens with two attached hydrogens (primary N) is 1. The Balaban J connectivity index is 5.10. The SMILES string of the molecule is CC(C)C[C@H](NC(=O)[C@H](C)NC(=O)CNC(=O)CNC(=O)CNC(=O)CNC(=O)CN)C(=O)N[C@@H](CC(C)C)C(=O)N[C@@H](CCC(=O)O)C(=O)O. The second-order valence-corrected chi connectivity index (χ2v) is 12.3. The fourth-order valence-corrected chi connectivity index (χ4v) is 4.11. The standard InChI is InChI=1S/C30H51N9O12/c1-15(2)8-19(29(49)39-20(9-16(3)4)28(48)37-18(30(50)51)6-7-26(45)46)38-27(47)17(5)36-25(44)14-35-24(43)13-34-23(42)12-33-22(41)11-32-21(40)10-31/h15-20H,6-14,31H2,1-5H3,(H,32,40)(H,33,41)(H,34,42)(H,35,43)(H,36,44)(H,37,48)(H,38,47)(H,39,49)(H,45,46)(H,50,51)/t17-,18-,19-,20-/m0/s1. The van der Waals surface area contributed by atoms with E-state index in [-0.39, 0.29) is 37.6 Å². The van der Waals surface area contributed by atoms with Crippen LogP contribution in [0.4, 0.5) is 0 Å². The van der Waals surface area contributed by atoms with Crippen LogP contribution in [-0.2, 0) is 47.9 Å². The molecule has 0 rings (SSSR count). The number of hydrogen-bond acceptors (Lipinski definition) is 11. The van der Waals surface area contributed by atoms with Crippen molar-refractivity contribution in [3.63, 3.8) is 0 Å². The second-order valence-electron chi connectivity index (χ2n) is 12.3. The van der Waals surface area contributed by atoms with E-state index in [9.17, 15) is 53.1 Å². The molecule has 0 heterocycles. The molecule has 4 atom stereocenters. The van der Waals surface area contributed by atoms with Crippen LogP contribution in [-0.4, -0.2) is 126 Å². The highest BCUT2D eigenvalue weighted by atomic mass is 16.4. The molecule has 0 unspecified atom stereocenters. The monoisotopic (exact) mass is 729 g/mol. The van der Waals surface area contributed by atoms with Crippen LogP contribution in [0.5, 0.6) is 0 Å². The summed E-state index contributed by atoms with van der Waals surface area (Å²) in [6.07, 6.45) is -0.666. The lowest BCUT2D eigenvalue weighted by molar-refractivity contribution is -0.143. The van der Waals surface area contributed by atoms with Crippen LogP contribution in [0.3, 0.4) is 0 Å². The Kier molecular flexibility index (Phi) is 21.4. The third-order valence-electron chi connectivity index (χ3n) is 6.68. The lowest BCUT2D eigenvalue weighted by atomic mass is 9.99. The van der Waals surface area contributed by atoms with Crippen molar-refractivity contribution < 1.29 is 58.2 Å². The fourth-order valence-electron chi connectivity index (χ4n) is 4.11. The average molecular weight is 730 g/mol. The van der Waals surface area contributed by atoms with E-state index in [1.807, 2.05) is 0 Å². The first-order chi connectivity index (χ1) is 23.7. The van der Waals surface area contributed by atoms with Gasteiger partial charge in [0, 0.05) is 6.42 Å². The van der Waals surface area contributed by atoms with Crippen molar-refractivity contribution in [2.45, 2.75) is 84.5 Å². The molecule has 0 aliphatic rings. The van der Waals surface area contributed by atoms with Crippen LogP contribution in [0, 0.1) is 11.8 Å².